The number of nitrogens with zero attached hydrogens (tertiary/aromatic N) is 2. The summed E-state index contributed by atoms with van der Waals surface area (Å²) in [4.78, 5) is 8.24. The van der Waals surface area contributed by atoms with Gasteiger partial charge >= 0.3 is 0 Å². The van der Waals surface area contributed by atoms with E-state index in [4.69, 9.17) is 22.1 Å². The Morgan fingerprint density at radius 2 is 2.09 bits per heavy atom. The number of benzene rings is 1. The maximum atomic E-state index is 9.46. The minimum atomic E-state index is 0.155. The second-order valence-corrected chi connectivity index (χ2v) is 6.06. The lowest BCUT2D eigenvalue weighted by Crippen LogP contribution is -2.27. The van der Waals surface area contributed by atoms with Crippen molar-refractivity contribution in [3.63, 3.8) is 0 Å². The van der Waals surface area contributed by atoms with Crippen LogP contribution >= 0.6 is 11.6 Å². The summed E-state index contributed by atoms with van der Waals surface area (Å²) >= 11 is 5.88. The second-order valence-electron chi connectivity index (χ2n) is 5.62. The highest BCUT2D eigenvalue weighted by atomic mass is 35.5. The van der Waals surface area contributed by atoms with Crippen LogP contribution in [-0.4, -0.2) is 27.7 Å². The third-order valence-electron chi connectivity index (χ3n) is 4.03. The van der Waals surface area contributed by atoms with Crippen LogP contribution in [0.25, 0.3) is 0 Å². The molecule has 1 aliphatic rings. The van der Waals surface area contributed by atoms with E-state index in [1.165, 1.54) is 0 Å². The van der Waals surface area contributed by atoms with Crippen LogP contribution in [0.5, 0.6) is 11.5 Å². The van der Waals surface area contributed by atoms with Crippen molar-refractivity contribution in [1.82, 2.24) is 9.97 Å². The molecule has 2 unspecified atom stereocenters. The second kappa shape index (κ2) is 7.02. The largest absolute Gasteiger partial charge is 0.452 e. The Morgan fingerprint density at radius 3 is 2.83 bits per heavy atom. The van der Waals surface area contributed by atoms with Gasteiger partial charge in [-0.05, 0) is 37.1 Å². The Labute approximate surface area is 139 Å². The summed E-state index contributed by atoms with van der Waals surface area (Å²) in [6.45, 7) is 0.158. The molecule has 6 nitrogen and oxygen atoms in total. The number of hydrogen-bond donors (Lipinski definition) is 3. The zero-order chi connectivity index (χ0) is 16.2. The molecule has 7 heteroatoms. The first-order chi connectivity index (χ1) is 11.2. The first-order valence-corrected chi connectivity index (χ1v) is 7.97. The summed E-state index contributed by atoms with van der Waals surface area (Å²) in [5.41, 5.74) is 5.70. The first-order valence-electron chi connectivity index (χ1n) is 7.59. The van der Waals surface area contributed by atoms with Gasteiger partial charge in [0.05, 0.1) is 6.20 Å². The summed E-state index contributed by atoms with van der Waals surface area (Å²) in [5.74, 6) is 2.06. The van der Waals surface area contributed by atoms with Crippen LogP contribution in [0.15, 0.2) is 30.5 Å². The van der Waals surface area contributed by atoms with Crippen molar-refractivity contribution < 1.29 is 9.84 Å². The van der Waals surface area contributed by atoms with Crippen molar-refractivity contribution in [3.05, 3.63) is 35.5 Å². The van der Waals surface area contributed by atoms with E-state index < -0.39 is 0 Å². The van der Waals surface area contributed by atoms with Crippen LogP contribution in [-0.2, 0) is 0 Å². The van der Waals surface area contributed by atoms with Gasteiger partial charge in [0, 0.05) is 23.6 Å². The van der Waals surface area contributed by atoms with Gasteiger partial charge in [0.1, 0.15) is 5.75 Å². The molecule has 122 valence electrons. The number of hydrogen-bond acceptors (Lipinski definition) is 6. The molecule has 1 aromatic carbocycles. The van der Waals surface area contributed by atoms with Crippen LogP contribution in [0, 0.1) is 5.92 Å². The third kappa shape index (κ3) is 3.83. The predicted molar refractivity (Wildman–Crippen MR) is 89.8 cm³/mol. The van der Waals surface area contributed by atoms with Crippen LogP contribution in [0.3, 0.4) is 0 Å². The third-order valence-corrected chi connectivity index (χ3v) is 4.28. The van der Waals surface area contributed by atoms with Crippen LogP contribution in [0.4, 0.5) is 11.8 Å². The molecule has 3 rings (SSSR count). The predicted octanol–water partition coefficient (Wildman–Crippen LogP) is 3.08. The van der Waals surface area contributed by atoms with Crippen LogP contribution in [0.1, 0.15) is 19.3 Å². The number of halogens is 1. The fraction of sp³-hybridized carbons (Fsp3) is 0.375. The van der Waals surface area contributed by atoms with Gasteiger partial charge in [0.15, 0.2) is 11.6 Å². The summed E-state index contributed by atoms with van der Waals surface area (Å²) in [5, 5.41) is 13.4. The maximum absolute atomic E-state index is 9.46. The molecule has 2 aromatic rings. The van der Waals surface area contributed by atoms with Gasteiger partial charge in [-0.2, -0.15) is 4.98 Å². The lowest BCUT2D eigenvalue weighted by atomic mass is 10.1. The molecule has 0 amide bonds. The molecule has 0 radical (unpaired) electrons. The van der Waals surface area contributed by atoms with Crippen LogP contribution < -0.4 is 15.8 Å². The fourth-order valence-corrected chi connectivity index (χ4v) is 2.94. The number of anilines is 2. The monoisotopic (exact) mass is 334 g/mol. The maximum Gasteiger partial charge on any atom is 0.222 e. The van der Waals surface area contributed by atoms with E-state index in [0.29, 0.717) is 22.3 Å². The van der Waals surface area contributed by atoms with Gasteiger partial charge in [-0.1, -0.05) is 18.0 Å². The molecule has 1 fully saturated rings. The van der Waals surface area contributed by atoms with E-state index >= 15 is 0 Å². The molecule has 0 saturated heterocycles. The van der Waals surface area contributed by atoms with Gasteiger partial charge in [0.25, 0.3) is 0 Å². The lowest BCUT2D eigenvalue weighted by Gasteiger charge is -2.21. The summed E-state index contributed by atoms with van der Waals surface area (Å²) in [6.07, 6.45) is 4.61. The van der Waals surface area contributed by atoms with Gasteiger partial charge in [0.2, 0.25) is 5.95 Å². The number of aromatic nitrogens is 2. The molecular formula is C16H19ClN4O2. The molecule has 0 bridgehead atoms. The highest BCUT2D eigenvalue weighted by Crippen LogP contribution is 2.33. The smallest absolute Gasteiger partial charge is 0.222 e. The fourth-order valence-electron chi connectivity index (χ4n) is 2.81. The number of nitrogens with one attached hydrogen (secondary N) is 1. The molecule has 1 saturated carbocycles. The van der Waals surface area contributed by atoms with Crippen molar-refractivity contribution in [2.24, 2.45) is 5.92 Å². The number of aliphatic hydroxyl groups is 1. The molecule has 1 aliphatic carbocycles. The zero-order valence-electron chi connectivity index (χ0n) is 12.6. The van der Waals surface area contributed by atoms with E-state index in [2.05, 4.69) is 15.3 Å². The molecule has 1 aromatic heterocycles. The Bertz CT molecular complexity index is 666. The summed E-state index contributed by atoms with van der Waals surface area (Å²) in [7, 11) is 0. The number of rotatable bonds is 5. The van der Waals surface area contributed by atoms with Crippen LogP contribution in [0.2, 0.25) is 5.02 Å². The van der Waals surface area contributed by atoms with Gasteiger partial charge in [-0.15, -0.1) is 0 Å². The lowest BCUT2D eigenvalue weighted by molar-refractivity contribution is 0.222. The topological polar surface area (TPSA) is 93.3 Å². The summed E-state index contributed by atoms with van der Waals surface area (Å²) in [6, 6.07) is 7.20. The van der Waals surface area contributed by atoms with Gasteiger partial charge in [-0.25, -0.2) is 4.98 Å². The van der Waals surface area contributed by atoms with E-state index in [1.54, 1.807) is 30.5 Å². The minimum absolute atomic E-state index is 0.155. The molecule has 0 aliphatic heterocycles. The normalized spacial score (nSPS) is 20.4. The molecule has 0 spiro atoms. The Hall–Kier alpha value is -2.05. The van der Waals surface area contributed by atoms with Crippen molar-refractivity contribution >= 4 is 23.4 Å². The Kier molecular flexibility index (Phi) is 4.83. The number of aliphatic hydroxyl groups excluding tert-OH is 1. The zero-order valence-corrected chi connectivity index (χ0v) is 13.3. The molecular weight excluding hydrogens is 316 g/mol. The number of nitrogen functional groups attached to an aromatic ring is 1. The quantitative estimate of drug-likeness (QED) is 0.778. The number of ether oxygens (including phenoxy) is 1. The minimum Gasteiger partial charge on any atom is -0.452 e. The van der Waals surface area contributed by atoms with Crippen molar-refractivity contribution in [2.75, 3.05) is 17.7 Å². The molecule has 23 heavy (non-hydrogen) atoms. The molecule has 4 N–H and O–H groups in total. The highest BCUT2D eigenvalue weighted by molar-refractivity contribution is 6.30. The SMILES string of the molecule is Nc1ncc(Oc2ccc(Cl)cc2)c(NC2CCCC2CO)n1. The van der Waals surface area contributed by atoms with Crippen molar-refractivity contribution in [1.29, 1.82) is 0 Å². The van der Waals surface area contributed by atoms with Gasteiger partial charge in [-0.3, -0.25) is 0 Å². The summed E-state index contributed by atoms with van der Waals surface area (Å²) < 4.78 is 5.83. The standard InChI is InChI=1S/C16H19ClN4O2/c17-11-4-6-12(7-5-11)23-14-8-19-16(18)21-15(14)20-13-3-1-2-10(13)9-22/h4-8,10,13,22H,1-3,9H2,(H3,18,19,20,21). The van der Waals surface area contributed by atoms with Crippen molar-refractivity contribution in [3.8, 4) is 11.5 Å². The van der Waals surface area contributed by atoms with E-state index in [0.717, 1.165) is 19.3 Å². The average Bonchev–Trinajstić information content (AvgIpc) is 2.99. The van der Waals surface area contributed by atoms with Crippen molar-refractivity contribution in [2.45, 2.75) is 25.3 Å². The Balaban J connectivity index is 1.81. The van der Waals surface area contributed by atoms with E-state index in [1.807, 2.05) is 0 Å². The Morgan fingerprint density at radius 1 is 1.30 bits per heavy atom. The number of nitrogens with two attached hydrogens (primary N) is 1. The molecule has 1 heterocycles. The van der Waals surface area contributed by atoms with E-state index in [9.17, 15) is 5.11 Å². The van der Waals surface area contributed by atoms with Gasteiger partial charge < -0.3 is 20.9 Å². The first kappa shape index (κ1) is 15.8. The molecule has 2 atom stereocenters. The van der Waals surface area contributed by atoms with E-state index in [-0.39, 0.29) is 24.5 Å². The highest BCUT2D eigenvalue weighted by Gasteiger charge is 2.27. The average molecular weight is 335 g/mol.